The van der Waals surface area contributed by atoms with Gasteiger partial charge in [0.2, 0.25) is 5.89 Å². The van der Waals surface area contributed by atoms with Gasteiger partial charge in [-0.25, -0.2) is 0 Å². The van der Waals surface area contributed by atoms with Gasteiger partial charge in [-0.1, -0.05) is 21.1 Å². The van der Waals surface area contributed by atoms with E-state index in [0.717, 1.165) is 48.7 Å². The summed E-state index contributed by atoms with van der Waals surface area (Å²) in [4.78, 5) is 4.63. The molecule has 6 heteroatoms. The van der Waals surface area contributed by atoms with E-state index in [0.29, 0.717) is 11.8 Å². The molecule has 0 spiro atoms. The zero-order valence-corrected chi connectivity index (χ0v) is 14.6. The summed E-state index contributed by atoms with van der Waals surface area (Å²) in [6.45, 7) is 3.14. The van der Waals surface area contributed by atoms with Crippen LogP contribution in [-0.4, -0.2) is 29.8 Å². The zero-order chi connectivity index (χ0) is 15.6. The van der Waals surface area contributed by atoms with E-state index < -0.39 is 0 Å². The number of anilines is 1. The molecular formula is C17H21BrN4O. The average molecular weight is 377 g/mol. The third-order valence-corrected chi connectivity index (χ3v) is 5.35. The van der Waals surface area contributed by atoms with Crippen LogP contribution in [0.3, 0.4) is 0 Å². The number of hydrogen-bond donors (Lipinski definition) is 2. The molecule has 1 unspecified atom stereocenters. The summed E-state index contributed by atoms with van der Waals surface area (Å²) in [6, 6.07) is 6.38. The van der Waals surface area contributed by atoms with Crippen molar-refractivity contribution in [3.05, 3.63) is 40.0 Å². The summed E-state index contributed by atoms with van der Waals surface area (Å²) >= 11 is 3.55. The third-order valence-electron chi connectivity index (χ3n) is 4.85. The largest absolute Gasteiger partial charge is 0.384 e. The molecule has 5 nitrogen and oxygen atoms in total. The number of benzene rings is 1. The number of halogens is 1. The number of aromatic nitrogens is 2. The second-order valence-electron chi connectivity index (χ2n) is 6.52. The zero-order valence-electron chi connectivity index (χ0n) is 13.0. The van der Waals surface area contributed by atoms with Crippen LogP contribution in [0.4, 0.5) is 5.69 Å². The predicted octanol–water partition coefficient (Wildman–Crippen LogP) is 3.13. The highest BCUT2D eigenvalue weighted by Gasteiger charge is 2.25. The monoisotopic (exact) mass is 376 g/mol. The van der Waals surface area contributed by atoms with E-state index in [9.17, 15) is 0 Å². The standard InChI is InChI=1S/C17H21BrN4O/c18-13-1-2-15-14(9-13)12(10-20-15)8-17-21-16(22-23-17)7-11-3-5-19-6-4-11/h1-2,9,11-12,19-20H,3-8,10H2. The molecule has 0 radical (unpaired) electrons. The Morgan fingerprint density at radius 1 is 1.22 bits per heavy atom. The minimum atomic E-state index is 0.398. The van der Waals surface area contributed by atoms with Crippen molar-refractivity contribution in [2.45, 2.75) is 31.6 Å². The van der Waals surface area contributed by atoms with E-state index >= 15 is 0 Å². The minimum Gasteiger partial charge on any atom is -0.384 e. The van der Waals surface area contributed by atoms with Crippen LogP contribution >= 0.6 is 15.9 Å². The van der Waals surface area contributed by atoms with Crippen molar-refractivity contribution in [1.29, 1.82) is 0 Å². The van der Waals surface area contributed by atoms with Crippen molar-refractivity contribution in [3.63, 3.8) is 0 Å². The minimum absolute atomic E-state index is 0.398. The van der Waals surface area contributed by atoms with Crippen LogP contribution in [0.2, 0.25) is 0 Å². The topological polar surface area (TPSA) is 63.0 Å². The van der Waals surface area contributed by atoms with Gasteiger partial charge in [-0.05, 0) is 55.6 Å². The number of piperidine rings is 1. The van der Waals surface area contributed by atoms with Gasteiger partial charge in [-0.15, -0.1) is 0 Å². The molecule has 0 bridgehead atoms. The van der Waals surface area contributed by atoms with E-state index in [1.165, 1.54) is 24.1 Å². The Morgan fingerprint density at radius 3 is 2.96 bits per heavy atom. The maximum absolute atomic E-state index is 5.50. The van der Waals surface area contributed by atoms with E-state index in [1.807, 2.05) is 0 Å². The Hall–Kier alpha value is -1.40. The number of nitrogens with one attached hydrogen (secondary N) is 2. The molecule has 1 aromatic heterocycles. The quantitative estimate of drug-likeness (QED) is 0.857. The van der Waals surface area contributed by atoms with E-state index in [4.69, 9.17) is 4.52 Å². The first-order valence-corrected chi connectivity index (χ1v) is 9.13. The van der Waals surface area contributed by atoms with Crippen LogP contribution in [0, 0.1) is 5.92 Å². The highest BCUT2D eigenvalue weighted by atomic mass is 79.9. The fourth-order valence-electron chi connectivity index (χ4n) is 3.57. The summed E-state index contributed by atoms with van der Waals surface area (Å²) in [6.07, 6.45) is 4.15. The maximum Gasteiger partial charge on any atom is 0.227 e. The lowest BCUT2D eigenvalue weighted by Crippen LogP contribution is -2.28. The van der Waals surface area contributed by atoms with Crippen LogP contribution in [0.1, 0.15) is 36.0 Å². The summed E-state index contributed by atoms with van der Waals surface area (Å²) in [5.41, 5.74) is 2.55. The normalized spacial score (nSPS) is 21.2. The van der Waals surface area contributed by atoms with Gasteiger partial charge in [0.05, 0.1) is 0 Å². The van der Waals surface area contributed by atoms with Crippen LogP contribution < -0.4 is 10.6 Å². The molecule has 1 atom stereocenters. The molecular weight excluding hydrogens is 356 g/mol. The molecule has 23 heavy (non-hydrogen) atoms. The van der Waals surface area contributed by atoms with Crippen LogP contribution in [0.5, 0.6) is 0 Å². The molecule has 3 heterocycles. The Kier molecular flexibility index (Phi) is 4.35. The molecule has 1 saturated heterocycles. The van der Waals surface area contributed by atoms with Gasteiger partial charge in [0.15, 0.2) is 5.82 Å². The second kappa shape index (κ2) is 6.61. The first-order valence-electron chi connectivity index (χ1n) is 8.33. The lowest BCUT2D eigenvalue weighted by Gasteiger charge is -2.20. The third kappa shape index (κ3) is 3.43. The van der Waals surface area contributed by atoms with Gasteiger partial charge < -0.3 is 15.2 Å². The van der Waals surface area contributed by atoms with E-state index in [1.54, 1.807) is 0 Å². The SMILES string of the molecule is Brc1ccc2c(c1)C(Cc1nc(CC3CCNCC3)no1)CN2. The highest BCUT2D eigenvalue weighted by molar-refractivity contribution is 9.10. The summed E-state index contributed by atoms with van der Waals surface area (Å²) in [5, 5.41) is 11.0. The van der Waals surface area contributed by atoms with E-state index in [-0.39, 0.29) is 0 Å². The summed E-state index contributed by atoms with van der Waals surface area (Å²) in [7, 11) is 0. The van der Waals surface area contributed by atoms with Crippen LogP contribution in [-0.2, 0) is 12.8 Å². The molecule has 0 saturated carbocycles. The molecule has 2 aliphatic rings. The molecule has 0 amide bonds. The first-order chi connectivity index (χ1) is 11.3. The first kappa shape index (κ1) is 15.1. The van der Waals surface area contributed by atoms with Gasteiger partial charge in [-0.2, -0.15) is 4.98 Å². The Balaban J connectivity index is 1.41. The van der Waals surface area contributed by atoms with Crippen molar-refractivity contribution < 1.29 is 4.52 Å². The van der Waals surface area contributed by atoms with Crippen molar-refractivity contribution in [2.75, 3.05) is 25.0 Å². The molecule has 1 aromatic carbocycles. The fourth-order valence-corrected chi connectivity index (χ4v) is 3.95. The Labute approximate surface area is 144 Å². The number of nitrogens with zero attached hydrogens (tertiary/aromatic N) is 2. The molecule has 1 fully saturated rings. The average Bonchev–Trinajstić information content (AvgIpc) is 3.16. The number of fused-ring (bicyclic) bond motifs is 1. The molecule has 2 aliphatic heterocycles. The van der Waals surface area contributed by atoms with Crippen LogP contribution in [0.25, 0.3) is 0 Å². The molecule has 2 N–H and O–H groups in total. The smallest absolute Gasteiger partial charge is 0.227 e. The Bertz CT molecular complexity index is 681. The van der Waals surface area contributed by atoms with Crippen molar-refractivity contribution in [2.24, 2.45) is 5.92 Å². The molecule has 2 aromatic rings. The molecule has 0 aliphatic carbocycles. The summed E-state index contributed by atoms with van der Waals surface area (Å²) < 4.78 is 6.61. The highest BCUT2D eigenvalue weighted by Crippen LogP contribution is 2.35. The molecule has 122 valence electrons. The van der Waals surface area contributed by atoms with Gasteiger partial charge in [0.25, 0.3) is 0 Å². The predicted molar refractivity (Wildman–Crippen MR) is 92.7 cm³/mol. The Morgan fingerprint density at radius 2 is 2.09 bits per heavy atom. The van der Waals surface area contributed by atoms with Crippen molar-refractivity contribution in [1.82, 2.24) is 15.5 Å². The van der Waals surface area contributed by atoms with Crippen LogP contribution in [0.15, 0.2) is 27.2 Å². The number of rotatable bonds is 4. The summed E-state index contributed by atoms with van der Waals surface area (Å²) in [5.74, 6) is 2.71. The number of hydrogen-bond acceptors (Lipinski definition) is 5. The second-order valence-corrected chi connectivity index (χ2v) is 7.43. The van der Waals surface area contributed by atoms with Gasteiger partial charge >= 0.3 is 0 Å². The van der Waals surface area contributed by atoms with Gasteiger partial charge in [0, 0.05) is 35.5 Å². The maximum atomic E-state index is 5.50. The van der Waals surface area contributed by atoms with E-state index in [2.05, 4.69) is 54.9 Å². The molecule has 4 rings (SSSR count). The van der Waals surface area contributed by atoms with Gasteiger partial charge in [0.1, 0.15) is 0 Å². The van der Waals surface area contributed by atoms with Crippen molar-refractivity contribution in [3.8, 4) is 0 Å². The fraction of sp³-hybridized carbons (Fsp3) is 0.529. The lowest BCUT2D eigenvalue weighted by atomic mass is 9.94. The van der Waals surface area contributed by atoms with Gasteiger partial charge in [-0.3, -0.25) is 0 Å². The van der Waals surface area contributed by atoms with Crippen molar-refractivity contribution >= 4 is 21.6 Å². The lowest BCUT2D eigenvalue weighted by molar-refractivity contribution is 0.345.